The van der Waals surface area contributed by atoms with E-state index in [0.717, 1.165) is 48.6 Å². The molecular formula is C17H18N4O2. The predicted octanol–water partition coefficient (Wildman–Crippen LogP) is 2.23. The van der Waals surface area contributed by atoms with Crippen LogP contribution >= 0.6 is 0 Å². The first kappa shape index (κ1) is 13.3. The largest absolute Gasteiger partial charge is 0.356 e. The number of aromatic nitrogens is 3. The van der Waals surface area contributed by atoms with Crippen molar-refractivity contribution < 1.29 is 9.47 Å². The summed E-state index contributed by atoms with van der Waals surface area (Å²) >= 11 is 0. The molecule has 2 aliphatic heterocycles. The van der Waals surface area contributed by atoms with E-state index in [1.54, 1.807) is 0 Å². The highest BCUT2D eigenvalue weighted by atomic mass is 16.7. The van der Waals surface area contributed by atoms with Crippen LogP contribution in [-0.2, 0) is 9.47 Å². The van der Waals surface area contributed by atoms with Gasteiger partial charge in [-0.05, 0) is 18.2 Å². The number of hydrogen-bond acceptors (Lipinski definition) is 5. The second kappa shape index (κ2) is 4.91. The van der Waals surface area contributed by atoms with E-state index in [9.17, 15) is 0 Å². The zero-order valence-corrected chi connectivity index (χ0v) is 12.8. The van der Waals surface area contributed by atoms with Gasteiger partial charge in [0.25, 0.3) is 0 Å². The molecule has 0 bridgehead atoms. The predicted molar refractivity (Wildman–Crippen MR) is 86.6 cm³/mol. The van der Waals surface area contributed by atoms with E-state index in [4.69, 9.17) is 14.5 Å². The molecule has 0 amide bonds. The molecule has 6 heteroatoms. The third kappa shape index (κ3) is 2.09. The first-order valence-corrected chi connectivity index (χ1v) is 8.10. The zero-order valence-electron chi connectivity index (χ0n) is 12.8. The summed E-state index contributed by atoms with van der Waals surface area (Å²) in [5.74, 6) is 1.38. The molecule has 1 aromatic carbocycles. The maximum atomic E-state index is 5.79. The molecule has 0 aliphatic carbocycles. The molecule has 2 saturated heterocycles. The van der Waals surface area contributed by atoms with Crippen molar-refractivity contribution in [3.05, 3.63) is 36.5 Å². The highest BCUT2D eigenvalue weighted by Gasteiger charge is 2.40. The average Bonchev–Trinajstić information content (AvgIpc) is 3.19. The van der Waals surface area contributed by atoms with Crippen molar-refractivity contribution in [1.29, 1.82) is 0 Å². The van der Waals surface area contributed by atoms with Crippen molar-refractivity contribution in [2.45, 2.75) is 18.6 Å². The number of anilines is 1. The van der Waals surface area contributed by atoms with Crippen molar-refractivity contribution in [3.63, 3.8) is 0 Å². The van der Waals surface area contributed by atoms with Crippen molar-refractivity contribution in [2.75, 3.05) is 31.2 Å². The van der Waals surface area contributed by atoms with Crippen molar-refractivity contribution >= 4 is 22.6 Å². The van der Waals surface area contributed by atoms with Crippen LogP contribution < -0.4 is 4.90 Å². The lowest BCUT2D eigenvalue weighted by Crippen LogP contribution is -2.45. The second-order valence-electron chi connectivity index (χ2n) is 6.15. The summed E-state index contributed by atoms with van der Waals surface area (Å²) in [7, 11) is 0. The molecule has 4 heterocycles. The first-order valence-electron chi connectivity index (χ1n) is 8.10. The van der Waals surface area contributed by atoms with Gasteiger partial charge in [-0.15, -0.1) is 0 Å². The molecule has 3 aromatic rings. The van der Waals surface area contributed by atoms with Crippen molar-refractivity contribution in [3.8, 4) is 0 Å². The summed E-state index contributed by atoms with van der Waals surface area (Å²) in [6.07, 6.45) is 3.83. The van der Waals surface area contributed by atoms with Gasteiger partial charge >= 0.3 is 0 Å². The number of imidazole rings is 1. The lowest BCUT2D eigenvalue weighted by Gasteiger charge is -2.38. The number of rotatable bonds is 1. The number of fused-ring (bicyclic) bond motifs is 3. The number of para-hydroxylation sites is 2. The van der Waals surface area contributed by atoms with Crippen LogP contribution in [0.2, 0.25) is 0 Å². The van der Waals surface area contributed by atoms with Crippen LogP contribution in [0.4, 0.5) is 5.82 Å². The highest BCUT2D eigenvalue weighted by molar-refractivity contribution is 5.79. The highest BCUT2D eigenvalue weighted by Crippen LogP contribution is 2.32. The molecule has 0 saturated carbocycles. The molecule has 5 rings (SSSR count). The SMILES string of the molecule is c1ccc2c(c1)nc1nc(N3CCC4(CC3)OCCO4)ccn12. The molecule has 2 aromatic heterocycles. The maximum absolute atomic E-state index is 5.79. The molecule has 6 nitrogen and oxygen atoms in total. The van der Waals surface area contributed by atoms with Crippen LogP contribution in [0.15, 0.2) is 36.5 Å². The molecule has 0 atom stereocenters. The van der Waals surface area contributed by atoms with Crippen LogP contribution in [0.5, 0.6) is 0 Å². The topological polar surface area (TPSA) is 51.9 Å². The van der Waals surface area contributed by atoms with Gasteiger partial charge in [0.05, 0.1) is 24.2 Å². The van der Waals surface area contributed by atoms with Gasteiger partial charge in [0.2, 0.25) is 5.78 Å². The van der Waals surface area contributed by atoms with Crippen molar-refractivity contribution in [2.24, 2.45) is 0 Å². The minimum absolute atomic E-state index is 0.345. The van der Waals surface area contributed by atoms with Gasteiger partial charge in [-0.3, -0.25) is 4.40 Å². The van der Waals surface area contributed by atoms with Gasteiger partial charge in [0.15, 0.2) is 5.79 Å². The van der Waals surface area contributed by atoms with E-state index < -0.39 is 0 Å². The second-order valence-corrected chi connectivity index (χ2v) is 6.15. The Morgan fingerprint density at radius 3 is 2.57 bits per heavy atom. The van der Waals surface area contributed by atoms with Gasteiger partial charge in [-0.1, -0.05) is 12.1 Å². The quantitative estimate of drug-likeness (QED) is 0.690. The Labute approximate surface area is 133 Å². The molecular weight excluding hydrogens is 292 g/mol. The van der Waals surface area contributed by atoms with E-state index in [-0.39, 0.29) is 5.79 Å². The smallest absolute Gasteiger partial charge is 0.236 e. The minimum Gasteiger partial charge on any atom is -0.356 e. The molecule has 0 unspecified atom stereocenters. The van der Waals surface area contributed by atoms with Crippen LogP contribution in [0.3, 0.4) is 0 Å². The zero-order chi connectivity index (χ0) is 15.3. The molecule has 0 radical (unpaired) electrons. The molecule has 1 spiro atoms. The Kier molecular flexibility index (Phi) is 2.83. The fourth-order valence-electron chi connectivity index (χ4n) is 3.58. The minimum atomic E-state index is -0.345. The molecule has 2 aliphatic rings. The van der Waals surface area contributed by atoms with Gasteiger partial charge < -0.3 is 14.4 Å². The summed E-state index contributed by atoms with van der Waals surface area (Å²) in [5, 5.41) is 0. The van der Waals surface area contributed by atoms with Crippen LogP contribution in [0, 0.1) is 0 Å². The van der Waals surface area contributed by atoms with E-state index in [0.29, 0.717) is 13.2 Å². The van der Waals surface area contributed by atoms with E-state index >= 15 is 0 Å². The summed E-state index contributed by atoms with van der Waals surface area (Å²) in [5.41, 5.74) is 2.06. The normalized spacial score (nSPS) is 20.8. The molecule has 23 heavy (non-hydrogen) atoms. The van der Waals surface area contributed by atoms with Crippen LogP contribution in [0.1, 0.15) is 12.8 Å². The van der Waals surface area contributed by atoms with Gasteiger partial charge in [0.1, 0.15) is 5.82 Å². The third-order valence-corrected chi connectivity index (χ3v) is 4.83. The monoisotopic (exact) mass is 310 g/mol. The standard InChI is InChI=1S/C17H18N4O2/c1-2-4-14-13(3-1)18-16-19-15(5-8-21(14)16)20-9-6-17(7-10-20)22-11-12-23-17/h1-5,8H,6-7,9-12H2. The Balaban J connectivity index is 1.45. The molecule has 2 fully saturated rings. The van der Waals surface area contributed by atoms with E-state index in [1.807, 2.05) is 22.6 Å². The maximum Gasteiger partial charge on any atom is 0.236 e. The number of nitrogens with zero attached hydrogens (tertiary/aromatic N) is 4. The third-order valence-electron chi connectivity index (χ3n) is 4.83. The fourth-order valence-corrected chi connectivity index (χ4v) is 3.58. The van der Waals surface area contributed by atoms with Crippen LogP contribution in [-0.4, -0.2) is 46.5 Å². The number of benzene rings is 1. The first-order chi connectivity index (χ1) is 11.3. The van der Waals surface area contributed by atoms with E-state index in [1.165, 1.54) is 0 Å². The Hall–Kier alpha value is -2.18. The fraction of sp³-hybridized carbons (Fsp3) is 0.412. The van der Waals surface area contributed by atoms with Gasteiger partial charge in [-0.25, -0.2) is 4.98 Å². The Morgan fingerprint density at radius 1 is 0.957 bits per heavy atom. The van der Waals surface area contributed by atoms with Crippen LogP contribution in [0.25, 0.3) is 16.8 Å². The lowest BCUT2D eigenvalue weighted by molar-refractivity contribution is -0.169. The number of ether oxygens (including phenoxy) is 2. The van der Waals surface area contributed by atoms with Gasteiger partial charge in [-0.2, -0.15) is 4.98 Å². The van der Waals surface area contributed by atoms with E-state index in [2.05, 4.69) is 28.2 Å². The lowest BCUT2D eigenvalue weighted by atomic mass is 10.0. The van der Waals surface area contributed by atoms with Gasteiger partial charge in [0, 0.05) is 32.1 Å². The average molecular weight is 310 g/mol. The molecule has 0 N–H and O–H groups in total. The summed E-state index contributed by atoms with van der Waals surface area (Å²) in [6, 6.07) is 10.2. The Bertz CT molecular complexity index is 859. The summed E-state index contributed by atoms with van der Waals surface area (Å²) < 4.78 is 13.6. The summed E-state index contributed by atoms with van der Waals surface area (Å²) in [4.78, 5) is 11.7. The van der Waals surface area contributed by atoms with Crippen molar-refractivity contribution in [1.82, 2.24) is 14.4 Å². The summed E-state index contributed by atoms with van der Waals surface area (Å²) in [6.45, 7) is 3.21. The number of piperidine rings is 1. The number of hydrogen-bond donors (Lipinski definition) is 0. The molecule has 118 valence electrons. The Morgan fingerprint density at radius 2 is 1.74 bits per heavy atom.